The van der Waals surface area contributed by atoms with Crippen molar-refractivity contribution in [3.05, 3.63) is 95.4 Å². The number of amidine groups is 1. The molecule has 2 unspecified atom stereocenters. The summed E-state index contributed by atoms with van der Waals surface area (Å²) in [6.45, 7) is 0.195. The summed E-state index contributed by atoms with van der Waals surface area (Å²) in [6.07, 6.45) is 9.42. The third kappa shape index (κ3) is 9.10. The second-order valence-electron chi connectivity index (χ2n) is 11.3. The highest BCUT2D eigenvalue weighted by Crippen LogP contribution is 2.27. The number of nitrogens with one attached hydrogen (secondary N) is 5. The average molecular weight is 723 g/mol. The fourth-order valence-corrected chi connectivity index (χ4v) is 6.23. The molecule has 50 heavy (non-hydrogen) atoms. The summed E-state index contributed by atoms with van der Waals surface area (Å²) in [5, 5.41) is 15.4. The number of likely N-dealkylation sites (N-methyl/N-ethyl adjacent to an activating group) is 1. The molecule has 17 heteroatoms. The van der Waals surface area contributed by atoms with Crippen LogP contribution in [0.3, 0.4) is 0 Å². The first-order valence-corrected chi connectivity index (χ1v) is 17.0. The Morgan fingerprint density at radius 2 is 1.58 bits per heavy atom. The number of allylic oxidation sites excluding steroid dienone is 3. The number of halogens is 1. The Bertz CT molecular complexity index is 1960. The van der Waals surface area contributed by atoms with Crippen molar-refractivity contribution in [1.29, 1.82) is 5.41 Å². The number of benzene rings is 1. The van der Waals surface area contributed by atoms with Gasteiger partial charge in [0.15, 0.2) is 5.78 Å². The summed E-state index contributed by atoms with van der Waals surface area (Å²) >= 11 is 5.67. The SMILES string of the molecule is Cn1cc(NC(=O)c2cc(NC(=O)C3=CC(C(=O)C=Cc4ccc(S(=O)CCCl)cc4)=C[N+]3(C)NC=O)cn2C)cc1C(=O)NCCC(=N)N. The van der Waals surface area contributed by atoms with Crippen LogP contribution >= 0.6 is 11.6 Å². The van der Waals surface area contributed by atoms with Crippen LogP contribution in [0.15, 0.2) is 83.3 Å². The van der Waals surface area contributed by atoms with E-state index in [4.69, 9.17) is 22.7 Å². The Labute approximate surface area is 295 Å². The van der Waals surface area contributed by atoms with Crippen molar-refractivity contribution < 1.29 is 32.8 Å². The molecular formula is C33H37ClN9O6S+. The van der Waals surface area contributed by atoms with E-state index in [9.17, 15) is 28.2 Å². The fraction of sp³-hybridized carbons (Fsp3) is 0.212. The van der Waals surface area contributed by atoms with Gasteiger partial charge in [0.25, 0.3) is 18.2 Å². The molecule has 0 bridgehead atoms. The Morgan fingerprint density at radius 3 is 2.16 bits per heavy atom. The lowest BCUT2D eigenvalue weighted by atomic mass is 10.1. The van der Waals surface area contributed by atoms with E-state index in [1.54, 1.807) is 55.2 Å². The van der Waals surface area contributed by atoms with Crippen LogP contribution in [0, 0.1) is 5.41 Å². The van der Waals surface area contributed by atoms with Crippen LogP contribution in [0.25, 0.3) is 6.08 Å². The number of carbonyl (C=O) groups excluding carboxylic acids is 5. The van der Waals surface area contributed by atoms with Crippen molar-refractivity contribution in [2.75, 3.05) is 35.9 Å². The molecule has 7 N–H and O–H groups in total. The van der Waals surface area contributed by atoms with Gasteiger partial charge in [-0.25, -0.2) is 0 Å². The molecule has 1 aliphatic heterocycles. The van der Waals surface area contributed by atoms with Gasteiger partial charge in [-0.3, -0.25) is 33.6 Å². The molecule has 0 radical (unpaired) electrons. The number of alkyl halides is 1. The lowest BCUT2D eigenvalue weighted by molar-refractivity contribution is -0.849. The Morgan fingerprint density at radius 1 is 0.980 bits per heavy atom. The van der Waals surface area contributed by atoms with Crippen molar-refractivity contribution in [2.45, 2.75) is 11.3 Å². The van der Waals surface area contributed by atoms with Crippen molar-refractivity contribution in [3.63, 3.8) is 0 Å². The predicted molar refractivity (Wildman–Crippen MR) is 190 cm³/mol. The zero-order valence-corrected chi connectivity index (χ0v) is 29.1. The van der Waals surface area contributed by atoms with Gasteiger partial charge in [0.1, 0.15) is 24.6 Å². The lowest BCUT2D eigenvalue weighted by Crippen LogP contribution is -2.50. The number of nitrogens with zero attached hydrogens (tertiary/aromatic N) is 3. The number of ketones is 1. The van der Waals surface area contributed by atoms with E-state index in [1.807, 2.05) is 0 Å². The molecule has 0 fully saturated rings. The monoisotopic (exact) mass is 722 g/mol. The van der Waals surface area contributed by atoms with Crippen LogP contribution in [0.4, 0.5) is 11.4 Å². The van der Waals surface area contributed by atoms with Gasteiger partial charge in [-0.05, 0) is 35.9 Å². The number of hydrogen-bond donors (Lipinski definition) is 6. The highest BCUT2D eigenvalue weighted by atomic mass is 35.5. The van der Waals surface area contributed by atoms with Gasteiger partial charge < -0.3 is 30.8 Å². The highest BCUT2D eigenvalue weighted by Gasteiger charge is 2.39. The van der Waals surface area contributed by atoms with E-state index in [-0.39, 0.29) is 53.0 Å². The van der Waals surface area contributed by atoms with Gasteiger partial charge in [-0.15, -0.1) is 11.6 Å². The van der Waals surface area contributed by atoms with Crippen LogP contribution in [-0.4, -0.2) is 78.9 Å². The van der Waals surface area contributed by atoms with Crippen LogP contribution in [0.1, 0.15) is 33.0 Å². The number of hydrogen-bond acceptors (Lipinski definition) is 7. The zero-order chi connectivity index (χ0) is 36.6. The smallest absolute Gasteiger partial charge is 0.312 e. The Hall–Kier alpha value is -5.58. The maximum absolute atomic E-state index is 13.5. The summed E-state index contributed by atoms with van der Waals surface area (Å²) in [7, 11) is 3.57. The first-order valence-electron chi connectivity index (χ1n) is 15.1. The molecule has 4 amide bonds. The molecule has 0 saturated heterocycles. The molecule has 262 valence electrons. The number of carbonyl (C=O) groups is 5. The van der Waals surface area contributed by atoms with Crippen LogP contribution in [0.5, 0.6) is 0 Å². The van der Waals surface area contributed by atoms with E-state index in [0.717, 1.165) is 0 Å². The number of quaternary nitrogens is 1. The third-order valence-electron chi connectivity index (χ3n) is 7.53. The largest absolute Gasteiger partial charge is 0.388 e. The molecule has 2 atom stereocenters. The molecule has 2 aromatic heterocycles. The topological polar surface area (TPSA) is 210 Å². The summed E-state index contributed by atoms with van der Waals surface area (Å²) in [5.74, 6) is -1.40. The summed E-state index contributed by atoms with van der Waals surface area (Å²) < 4.78 is 14.7. The summed E-state index contributed by atoms with van der Waals surface area (Å²) in [5.41, 5.74) is 9.86. The molecule has 3 aromatic rings. The van der Waals surface area contributed by atoms with Crippen molar-refractivity contribution >= 4 is 75.6 Å². The minimum absolute atomic E-state index is 0.0354. The standard InChI is InChI=1S/C33H36ClN9O6S/c1-41-17-23(15-26(41)31(46)37-12-10-30(35)36)39-32(47)27-16-24(18-42(27)2)40-33(48)28-14-22(19-43(28,3)38-20-44)29(45)9-6-21-4-7-25(8-5-21)50(49)13-11-34/h4-9,14-20H,10-13H2,1-3H3,(H6-,35,36,37,38,39,40,44,46,47,48)/p+1. The molecule has 3 heterocycles. The van der Waals surface area contributed by atoms with E-state index >= 15 is 0 Å². The number of nitrogens with two attached hydrogens (primary N) is 1. The van der Waals surface area contributed by atoms with Gasteiger partial charge >= 0.3 is 5.91 Å². The quantitative estimate of drug-likeness (QED) is 0.0324. The number of amides is 4. The number of rotatable bonds is 16. The molecular weight excluding hydrogens is 686 g/mol. The maximum Gasteiger partial charge on any atom is 0.312 e. The summed E-state index contributed by atoms with van der Waals surface area (Å²) in [6, 6.07) is 9.80. The van der Waals surface area contributed by atoms with Crippen LogP contribution in [-0.2, 0) is 39.3 Å². The van der Waals surface area contributed by atoms with Crippen molar-refractivity contribution in [3.8, 4) is 0 Å². The van der Waals surface area contributed by atoms with Gasteiger partial charge in [0.2, 0.25) is 5.70 Å². The van der Waals surface area contributed by atoms with Gasteiger partial charge in [0.05, 0.1) is 33.6 Å². The Balaban J connectivity index is 1.44. The Kier molecular flexibility index (Phi) is 12.1. The lowest BCUT2D eigenvalue weighted by Gasteiger charge is -2.25. The minimum Gasteiger partial charge on any atom is -0.388 e. The first kappa shape index (κ1) is 37.2. The minimum atomic E-state index is -1.21. The second kappa shape index (κ2) is 16.2. The molecule has 1 aliphatic rings. The van der Waals surface area contributed by atoms with Gasteiger partial charge in [-0.1, -0.05) is 18.2 Å². The zero-order valence-electron chi connectivity index (χ0n) is 27.5. The molecule has 0 saturated carbocycles. The van der Waals surface area contributed by atoms with Crippen LogP contribution in [0.2, 0.25) is 0 Å². The van der Waals surface area contributed by atoms with E-state index in [1.165, 1.54) is 48.3 Å². The van der Waals surface area contributed by atoms with Crippen molar-refractivity contribution in [2.24, 2.45) is 19.8 Å². The normalized spacial score (nSPS) is 15.9. The predicted octanol–water partition coefficient (Wildman–Crippen LogP) is 2.13. The maximum atomic E-state index is 13.5. The number of aryl methyl sites for hydroxylation is 2. The molecule has 0 spiro atoms. The summed E-state index contributed by atoms with van der Waals surface area (Å²) in [4.78, 5) is 64.3. The molecule has 4 rings (SSSR count). The number of aromatic nitrogens is 2. The number of anilines is 2. The van der Waals surface area contributed by atoms with E-state index < -0.39 is 38.9 Å². The molecule has 1 aromatic carbocycles. The third-order valence-corrected chi connectivity index (χ3v) is 9.32. The van der Waals surface area contributed by atoms with Crippen molar-refractivity contribution in [1.82, 2.24) is 19.9 Å². The first-order chi connectivity index (χ1) is 23.7. The molecule has 0 aliphatic carbocycles. The molecule has 15 nitrogen and oxygen atoms in total. The average Bonchev–Trinajstić information content (AvgIpc) is 3.73. The second-order valence-corrected chi connectivity index (χ2v) is 13.3. The van der Waals surface area contributed by atoms with Gasteiger partial charge in [-0.2, -0.15) is 10.0 Å². The van der Waals surface area contributed by atoms with Gasteiger partial charge in [0, 0.05) is 62.1 Å². The van der Waals surface area contributed by atoms with E-state index in [0.29, 0.717) is 28.3 Å². The fourth-order valence-electron chi connectivity index (χ4n) is 4.99. The highest BCUT2D eigenvalue weighted by molar-refractivity contribution is 7.85. The van der Waals surface area contributed by atoms with Crippen LogP contribution < -0.4 is 27.1 Å². The van der Waals surface area contributed by atoms with E-state index in [2.05, 4.69) is 21.4 Å².